The third-order valence-electron chi connectivity index (χ3n) is 5.38. The molecule has 1 aliphatic rings. The van der Waals surface area contributed by atoms with E-state index in [1.54, 1.807) is 17.1 Å². The molecule has 1 aliphatic heterocycles. The maximum atomic E-state index is 6.38. The summed E-state index contributed by atoms with van der Waals surface area (Å²) in [4.78, 5) is 6.58. The molecule has 3 heterocycles. The predicted octanol–water partition coefficient (Wildman–Crippen LogP) is 2.61. The van der Waals surface area contributed by atoms with Crippen LogP contribution in [0.5, 0.6) is 0 Å². The van der Waals surface area contributed by atoms with Crippen molar-refractivity contribution in [2.45, 2.75) is 57.7 Å². The second-order valence-corrected chi connectivity index (χ2v) is 9.13. The minimum atomic E-state index is 0.0673. The molecule has 0 aliphatic carbocycles. The number of nitrogens with zero attached hydrogens (tertiary/aromatic N) is 4. The quantitative estimate of drug-likeness (QED) is 0.673. The summed E-state index contributed by atoms with van der Waals surface area (Å²) in [6, 6.07) is 6.05. The highest BCUT2D eigenvalue weighted by molar-refractivity contribution is 5.63. The molecule has 156 valence electrons. The van der Waals surface area contributed by atoms with E-state index >= 15 is 0 Å². The molecule has 2 aromatic rings. The first-order valence-corrected chi connectivity index (χ1v) is 9.98. The molecule has 7 nitrogen and oxygen atoms in total. The van der Waals surface area contributed by atoms with E-state index in [1.165, 1.54) is 0 Å². The molecule has 5 N–H and O–H groups in total. The SMILES string of the molecule is CN(/C(N)=C/C=C(\N)c1ccc(-n2cccn2)nc1)C1CC(C)(C)NC(C)(C)C1. The minimum absolute atomic E-state index is 0.0673. The fourth-order valence-electron chi connectivity index (χ4n) is 4.24. The van der Waals surface area contributed by atoms with Gasteiger partial charge in [-0.2, -0.15) is 5.10 Å². The fourth-order valence-corrected chi connectivity index (χ4v) is 4.24. The Kier molecular flexibility index (Phi) is 5.71. The average molecular weight is 396 g/mol. The van der Waals surface area contributed by atoms with Gasteiger partial charge in [0.05, 0.1) is 5.82 Å². The summed E-state index contributed by atoms with van der Waals surface area (Å²) in [6.07, 6.45) is 11.1. The average Bonchev–Trinajstić information content (AvgIpc) is 3.17. The first-order chi connectivity index (χ1) is 13.6. The van der Waals surface area contributed by atoms with Crippen LogP contribution in [0.3, 0.4) is 0 Å². The first kappa shape index (κ1) is 20.9. The predicted molar refractivity (Wildman–Crippen MR) is 118 cm³/mol. The third kappa shape index (κ3) is 5.17. The van der Waals surface area contributed by atoms with Crippen molar-refractivity contribution in [3.63, 3.8) is 0 Å². The van der Waals surface area contributed by atoms with E-state index in [9.17, 15) is 0 Å². The highest BCUT2D eigenvalue weighted by atomic mass is 15.3. The third-order valence-corrected chi connectivity index (χ3v) is 5.38. The Labute approximate surface area is 173 Å². The van der Waals surface area contributed by atoms with Crippen molar-refractivity contribution >= 4 is 5.70 Å². The monoisotopic (exact) mass is 395 g/mol. The Morgan fingerprint density at radius 2 is 1.86 bits per heavy atom. The maximum Gasteiger partial charge on any atom is 0.153 e. The van der Waals surface area contributed by atoms with E-state index in [2.05, 4.69) is 55.0 Å². The molecule has 0 atom stereocenters. The van der Waals surface area contributed by atoms with Gasteiger partial charge < -0.3 is 21.7 Å². The second kappa shape index (κ2) is 7.91. The molecule has 7 heteroatoms. The lowest BCUT2D eigenvalue weighted by molar-refractivity contribution is 0.0981. The van der Waals surface area contributed by atoms with Gasteiger partial charge >= 0.3 is 0 Å². The van der Waals surface area contributed by atoms with Gasteiger partial charge in [0.15, 0.2) is 5.82 Å². The lowest BCUT2D eigenvalue weighted by Gasteiger charge is -2.49. The topological polar surface area (TPSA) is 98.0 Å². The number of allylic oxidation sites excluding steroid dienone is 2. The molecule has 3 rings (SSSR count). The molecule has 0 spiro atoms. The van der Waals surface area contributed by atoms with Gasteiger partial charge in [-0.15, -0.1) is 0 Å². The highest BCUT2D eigenvalue weighted by Gasteiger charge is 2.39. The Balaban J connectivity index is 1.71. The lowest BCUT2D eigenvalue weighted by atomic mass is 9.79. The van der Waals surface area contributed by atoms with Crippen LogP contribution in [0.1, 0.15) is 46.1 Å². The molecule has 2 aromatic heterocycles. The van der Waals surface area contributed by atoms with Gasteiger partial charge in [0.2, 0.25) is 0 Å². The summed E-state index contributed by atoms with van der Waals surface area (Å²) in [5.74, 6) is 1.45. The molecule has 29 heavy (non-hydrogen) atoms. The van der Waals surface area contributed by atoms with Gasteiger partial charge in [-0.3, -0.25) is 0 Å². The second-order valence-electron chi connectivity index (χ2n) is 9.13. The smallest absolute Gasteiger partial charge is 0.153 e. The van der Waals surface area contributed by atoms with Crippen LogP contribution >= 0.6 is 0 Å². The lowest BCUT2D eigenvalue weighted by Crippen LogP contribution is -2.61. The van der Waals surface area contributed by atoms with Gasteiger partial charge in [0.1, 0.15) is 0 Å². The molecule has 1 fully saturated rings. The van der Waals surface area contributed by atoms with Crippen LogP contribution in [0, 0.1) is 0 Å². The van der Waals surface area contributed by atoms with Crippen LogP contribution in [0.15, 0.2) is 54.8 Å². The van der Waals surface area contributed by atoms with E-state index in [-0.39, 0.29) is 11.1 Å². The number of pyridine rings is 1. The number of aromatic nitrogens is 3. The normalized spacial score (nSPS) is 19.9. The summed E-state index contributed by atoms with van der Waals surface area (Å²) in [6.45, 7) is 8.97. The van der Waals surface area contributed by atoms with Crippen LogP contribution in [0.2, 0.25) is 0 Å². The van der Waals surface area contributed by atoms with Crippen molar-refractivity contribution in [1.82, 2.24) is 25.0 Å². The van der Waals surface area contributed by atoms with Crippen molar-refractivity contribution in [2.75, 3.05) is 7.05 Å². The Hall–Kier alpha value is -2.80. The van der Waals surface area contributed by atoms with E-state index in [0.717, 1.165) is 24.2 Å². The molecular formula is C22H33N7. The van der Waals surface area contributed by atoms with Crippen molar-refractivity contribution in [3.8, 4) is 5.82 Å². The Bertz CT molecular complexity index is 860. The zero-order valence-corrected chi connectivity index (χ0v) is 18.1. The first-order valence-electron chi connectivity index (χ1n) is 9.98. The molecule has 0 saturated carbocycles. The number of hydrogen-bond acceptors (Lipinski definition) is 6. The van der Waals surface area contributed by atoms with Crippen LogP contribution < -0.4 is 16.8 Å². The molecule has 1 saturated heterocycles. The van der Waals surface area contributed by atoms with Gasteiger partial charge in [0.25, 0.3) is 0 Å². The van der Waals surface area contributed by atoms with E-state index in [4.69, 9.17) is 11.5 Å². The summed E-state index contributed by atoms with van der Waals surface area (Å²) in [7, 11) is 2.05. The summed E-state index contributed by atoms with van der Waals surface area (Å²) in [5, 5.41) is 7.89. The summed E-state index contributed by atoms with van der Waals surface area (Å²) < 4.78 is 1.71. The molecule has 0 radical (unpaired) electrons. The molecule has 0 aromatic carbocycles. The van der Waals surface area contributed by atoms with Gasteiger partial charge in [0, 0.05) is 54.0 Å². The number of piperidine rings is 1. The highest BCUT2D eigenvalue weighted by Crippen LogP contribution is 2.31. The minimum Gasteiger partial charge on any atom is -0.398 e. The van der Waals surface area contributed by atoms with Crippen LogP contribution in [0.25, 0.3) is 11.5 Å². The van der Waals surface area contributed by atoms with Gasteiger partial charge in [-0.1, -0.05) is 0 Å². The molecule has 0 amide bonds. The summed E-state index contributed by atoms with van der Waals surface area (Å²) in [5.41, 5.74) is 14.2. The van der Waals surface area contributed by atoms with Gasteiger partial charge in [-0.25, -0.2) is 9.67 Å². The standard InChI is InChI=1S/C22H33N7/c1-21(2)13-17(14-22(3,4)27-21)28(5)19(24)9-8-18(23)16-7-10-20(25-15-16)29-12-6-11-26-29/h6-12,15,17,27H,13-14,23-24H2,1-5H3/b18-8-,19-9+. The molecule has 0 unspecified atom stereocenters. The maximum absolute atomic E-state index is 6.38. The van der Waals surface area contributed by atoms with Gasteiger partial charge in [-0.05, 0) is 70.9 Å². The van der Waals surface area contributed by atoms with Crippen molar-refractivity contribution in [2.24, 2.45) is 11.5 Å². The van der Waals surface area contributed by atoms with E-state index < -0.39 is 0 Å². The zero-order valence-electron chi connectivity index (χ0n) is 18.1. The Morgan fingerprint density at radius 3 is 2.41 bits per heavy atom. The van der Waals surface area contributed by atoms with Crippen molar-refractivity contribution < 1.29 is 0 Å². The van der Waals surface area contributed by atoms with Crippen LogP contribution in [-0.2, 0) is 0 Å². The van der Waals surface area contributed by atoms with E-state index in [1.807, 2.05) is 36.5 Å². The van der Waals surface area contributed by atoms with Crippen molar-refractivity contribution in [1.29, 1.82) is 0 Å². The van der Waals surface area contributed by atoms with E-state index in [0.29, 0.717) is 17.6 Å². The molecule has 0 bridgehead atoms. The fraction of sp³-hybridized carbons (Fsp3) is 0.455. The zero-order chi connectivity index (χ0) is 21.2. The number of rotatable bonds is 5. The van der Waals surface area contributed by atoms with Crippen molar-refractivity contribution in [3.05, 3.63) is 60.3 Å². The Morgan fingerprint density at radius 1 is 1.17 bits per heavy atom. The molecular weight excluding hydrogens is 362 g/mol. The number of nitrogens with two attached hydrogens (primary N) is 2. The largest absolute Gasteiger partial charge is 0.398 e. The van der Waals surface area contributed by atoms with Crippen LogP contribution in [0.4, 0.5) is 0 Å². The van der Waals surface area contributed by atoms with Crippen LogP contribution in [-0.4, -0.2) is 43.8 Å². The number of hydrogen-bond donors (Lipinski definition) is 3. The summed E-state index contributed by atoms with van der Waals surface area (Å²) >= 11 is 0. The number of nitrogens with one attached hydrogen (secondary N) is 1.